The molecule has 0 N–H and O–H groups in total. The van der Waals surface area contributed by atoms with Crippen molar-refractivity contribution in [3.63, 3.8) is 0 Å². The van der Waals surface area contributed by atoms with Gasteiger partial charge in [0.15, 0.2) is 4.60 Å². The molecule has 0 bridgehead atoms. The van der Waals surface area contributed by atoms with Crippen LogP contribution in [0.2, 0.25) is 0 Å². The molecule has 0 aliphatic heterocycles. The first kappa shape index (κ1) is 11.7. The van der Waals surface area contributed by atoms with Crippen molar-refractivity contribution in [3.05, 3.63) is 68.4 Å². The Morgan fingerprint density at radius 2 is 1.94 bits per heavy atom. The predicted molar refractivity (Wildman–Crippen MR) is 67.8 cm³/mol. The van der Waals surface area contributed by atoms with Gasteiger partial charge in [-0.3, -0.25) is 10.1 Å². The van der Waals surface area contributed by atoms with Crippen molar-refractivity contribution in [1.29, 1.82) is 0 Å². The summed E-state index contributed by atoms with van der Waals surface area (Å²) in [5.74, 6) is 0. The molecule has 0 saturated carbocycles. The first-order valence-corrected chi connectivity index (χ1v) is 5.79. The molecule has 1 heterocycles. The lowest BCUT2D eigenvalue weighted by Gasteiger charge is -2.02. The monoisotopic (exact) mass is 292 g/mol. The molecule has 2 aromatic rings. The fourth-order valence-corrected chi connectivity index (χ4v) is 1.90. The van der Waals surface area contributed by atoms with Gasteiger partial charge in [-0.2, -0.15) is 0 Å². The van der Waals surface area contributed by atoms with Gasteiger partial charge in [0, 0.05) is 12.3 Å². The van der Waals surface area contributed by atoms with Crippen molar-refractivity contribution in [3.8, 4) is 0 Å². The maximum atomic E-state index is 10.8. The van der Waals surface area contributed by atoms with Gasteiger partial charge in [-0.25, -0.2) is 4.98 Å². The second kappa shape index (κ2) is 5.05. The molecule has 0 amide bonds. The van der Waals surface area contributed by atoms with E-state index in [1.165, 1.54) is 0 Å². The van der Waals surface area contributed by atoms with E-state index in [0.29, 0.717) is 6.42 Å². The van der Waals surface area contributed by atoms with E-state index < -0.39 is 4.92 Å². The van der Waals surface area contributed by atoms with Crippen molar-refractivity contribution in [2.24, 2.45) is 0 Å². The number of hydrogen-bond donors (Lipinski definition) is 0. The summed E-state index contributed by atoms with van der Waals surface area (Å²) in [5.41, 5.74) is 1.93. The molecule has 0 spiro atoms. The minimum Gasteiger partial charge on any atom is -0.258 e. The molecule has 0 aliphatic rings. The van der Waals surface area contributed by atoms with Crippen LogP contribution in [0.15, 0.2) is 47.2 Å². The molecule has 1 aromatic carbocycles. The van der Waals surface area contributed by atoms with Crippen molar-refractivity contribution in [1.82, 2.24) is 4.98 Å². The Hall–Kier alpha value is -1.75. The zero-order chi connectivity index (χ0) is 12.3. The van der Waals surface area contributed by atoms with Crippen LogP contribution < -0.4 is 0 Å². The van der Waals surface area contributed by atoms with E-state index in [1.807, 2.05) is 30.3 Å². The van der Waals surface area contributed by atoms with Crippen LogP contribution in [0.5, 0.6) is 0 Å². The number of nitrogens with zero attached hydrogens (tertiary/aromatic N) is 2. The van der Waals surface area contributed by atoms with Gasteiger partial charge < -0.3 is 0 Å². The molecule has 4 nitrogen and oxygen atoms in total. The molecule has 0 radical (unpaired) electrons. The van der Waals surface area contributed by atoms with E-state index in [-0.39, 0.29) is 10.3 Å². The number of hydrogen-bond acceptors (Lipinski definition) is 3. The summed E-state index contributed by atoms with van der Waals surface area (Å²) in [6, 6.07) is 11.3. The highest BCUT2D eigenvalue weighted by molar-refractivity contribution is 9.10. The minimum atomic E-state index is -0.439. The van der Waals surface area contributed by atoms with E-state index >= 15 is 0 Å². The Balaban J connectivity index is 2.29. The smallest absolute Gasteiger partial charge is 0.258 e. The van der Waals surface area contributed by atoms with Crippen LogP contribution in [-0.4, -0.2) is 9.91 Å². The third kappa shape index (κ3) is 2.88. The first-order valence-electron chi connectivity index (χ1n) is 4.99. The fourth-order valence-electron chi connectivity index (χ4n) is 1.53. The second-order valence-corrected chi connectivity index (χ2v) is 4.32. The maximum Gasteiger partial charge on any atom is 0.302 e. The third-order valence-electron chi connectivity index (χ3n) is 2.32. The average molecular weight is 293 g/mol. The molecule has 17 heavy (non-hydrogen) atoms. The van der Waals surface area contributed by atoms with Crippen LogP contribution in [0.25, 0.3) is 0 Å². The summed E-state index contributed by atoms with van der Waals surface area (Å²) < 4.78 is 0.263. The highest BCUT2D eigenvalue weighted by atomic mass is 79.9. The van der Waals surface area contributed by atoms with Crippen LogP contribution in [0.3, 0.4) is 0 Å². The summed E-state index contributed by atoms with van der Waals surface area (Å²) >= 11 is 3.06. The molecule has 0 unspecified atom stereocenters. The Labute approximate surface area is 107 Å². The van der Waals surface area contributed by atoms with E-state index in [4.69, 9.17) is 0 Å². The van der Waals surface area contributed by atoms with Crippen LogP contribution in [0.1, 0.15) is 11.1 Å². The summed E-state index contributed by atoms with van der Waals surface area (Å²) in [4.78, 5) is 14.3. The van der Waals surface area contributed by atoms with E-state index in [0.717, 1.165) is 11.1 Å². The molecule has 2 rings (SSSR count). The SMILES string of the molecule is O=[N+]([O-])c1cc(Cc2ccccc2)cnc1Br. The van der Waals surface area contributed by atoms with Gasteiger partial charge in [0.05, 0.1) is 4.92 Å². The minimum absolute atomic E-state index is 0.00145. The van der Waals surface area contributed by atoms with E-state index in [9.17, 15) is 10.1 Å². The van der Waals surface area contributed by atoms with Crippen LogP contribution in [-0.2, 0) is 6.42 Å². The molecule has 0 atom stereocenters. The number of rotatable bonds is 3. The summed E-state index contributed by atoms with van der Waals surface area (Å²) in [6.07, 6.45) is 2.28. The largest absolute Gasteiger partial charge is 0.302 e. The maximum absolute atomic E-state index is 10.8. The van der Waals surface area contributed by atoms with Gasteiger partial charge in [0.25, 0.3) is 0 Å². The normalized spacial score (nSPS) is 10.2. The number of aromatic nitrogens is 1. The van der Waals surface area contributed by atoms with Gasteiger partial charge in [-0.15, -0.1) is 0 Å². The molecule has 0 saturated heterocycles. The lowest BCUT2D eigenvalue weighted by atomic mass is 10.1. The molecule has 0 aliphatic carbocycles. The second-order valence-electron chi connectivity index (χ2n) is 3.57. The number of nitro groups is 1. The topological polar surface area (TPSA) is 56.0 Å². The van der Waals surface area contributed by atoms with Crippen molar-refractivity contribution >= 4 is 21.6 Å². The molecule has 0 fully saturated rings. The van der Waals surface area contributed by atoms with E-state index in [2.05, 4.69) is 20.9 Å². The highest BCUT2D eigenvalue weighted by Gasteiger charge is 2.13. The molecular weight excluding hydrogens is 284 g/mol. The van der Waals surface area contributed by atoms with Crippen LogP contribution in [0, 0.1) is 10.1 Å². The summed E-state index contributed by atoms with van der Waals surface area (Å²) in [6.45, 7) is 0. The predicted octanol–water partition coefficient (Wildman–Crippen LogP) is 3.34. The van der Waals surface area contributed by atoms with Gasteiger partial charge in [-0.05, 0) is 33.5 Å². The Bertz CT molecular complexity index is 543. The molecule has 86 valence electrons. The van der Waals surface area contributed by atoms with Gasteiger partial charge in [0.1, 0.15) is 0 Å². The highest BCUT2D eigenvalue weighted by Crippen LogP contribution is 2.23. The van der Waals surface area contributed by atoms with Crippen molar-refractivity contribution in [2.75, 3.05) is 0 Å². The molecular formula is C12H9BrN2O2. The fraction of sp³-hybridized carbons (Fsp3) is 0.0833. The quantitative estimate of drug-likeness (QED) is 0.495. The summed E-state index contributed by atoms with van der Waals surface area (Å²) in [5, 5.41) is 10.8. The Morgan fingerprint density at radius 3 is 2.59 bits per heavy atom. The lowest BCUT2D eigenvalue weighted by Crippen LogP contribution is -1.95. The molecule has 5 heteroatoms. The number of benzene rings is 1. The standard InChI is InChI=1S/C12H9BrN2O2/c13-12-11(15(16)17)7-10(8-14-12)6-9-4-2-1-3-5-9/h1-5,7-8H,6H2. The number of pyridine rings is 1. The Morgan fingerprint density at radius 1 is 1.24 bits per heavy atom. The average Bonchev–Trinajstić information content (AvgIpc) is 2.32. The third-order valence-corrected chi connectivity index (χ3v) is 2.94. The van der Waals surface area contributed by atoms with Crippen LogP contribution >= 0.6 is 15.9 Å². The van der Waals surface area contributed by atoms with Gasteiger partial charge >= 0.3 is 5.69 Å². The van der Waals surface area contributed by atoms with Crippen molar-refractivity contribution < 1.29 is 4.92 Å². The zero-order valence-corrected chi connectivity index (χ0v) is 10.4. The van der Waals surface area contributed by atoms with Gasteiger partial charge in [0.2, 0.25) is 0 Å². The van der Waals surface area contributed by atoms with Gasteiger partial charge in [-0.1, -0.05) is 30.3 Å². The first-order chi connectivity index (χ1) is 8.16. The Kier molecular flexibility index (Phi) is 3.49. The summed E-state index contributed by atoms with van der Waals surface area (Å²) in [7, 11) is 0. The molecule has 1 aromatic heterocycles. The van der Waals surface area contributed by atoms with Crippen molar-refractivity contribution in [2.45, 2.75) is 6.42 Å². The van der Waals surface area contributed by atoms with E-state index in [1.54, 1.807) is 12.3 Å². The lowest BCUT2D eigenvalue weighted by molar-refractivity contribution is -0.386. The number of halogens is 1. The van der Waals surface area contributed by atoms with Crippen LogP contribution in [0.4, 0.5) is 5.69 Å². The zero-order valence-electron chi connectivity index (χ0n) is 8.84.